The molecular weight excluding hydrogens is 212 g/mol. The van der Waals surface area contributed by atoms with Crippen LogP contribution >= 0.6 is 0 Å². The van der Waals surface area contributed by atoms with Crippen molar-refractivity contribution in [1.29, 1.82) is 0 Å². The van der Waals surface area contributed by atoms with E-state index >= 15 is 0 Å². The predicted molar refractivity (Wildman–Crippen MR) is 56.4 cm³/mol. The maximum absolute atomic E-state index is 12.5. The average Bonchev–Trinajstić information content (AvgIpc) is 2.24. The highest BCUT2D eigenvalue weighted by Gasteiger charge is 2.44. The molecule has 0 aromatic heterocycles. The Morgan fingerprint density at radius 2 is 1.94 bits per heavy atom. The van der Waals surface area contributed by atoms with Crippen LogP contribution in [-0.4, -0.2) is 18.4 Å². The molecule has 1 aliphatic rings. The summed E-state index contributed by atoms with van der Waals surface area (Å²) < 4.78 is 25.0. The Morgan fingerprint density at radius 3 is 2.50 bits per heavy atom. The molecule has 0 spiro atoms. The van der Waals surface area contributed by atoms with E-state index in [1.165, 1.54) is 0 Å². The first-order valence-electron chi connectivity index (χ1n) is 5.28. The fourth-order valence-electron chi connectivity index (χ4n) is 1.86. The van der Waals surface area contributed by atoms with Gasteiger partial charge < -0.3 is 5.32 Å². The predicted octanol–water partition coefficient (Wildman–Crippen LogP) is 2.46. The standard InChI is InChI=1S/C12H13F2NO/c13-12(14)6-9(7-12)8-15-11(16)10-4-2-1-3-5-10/h1-5,9H,6-8H2,(H,15,16). The fourth-order valence-corrected chi connectivity index (χ4v) is 1.86. The maximum atomic E-state index is 12.5. The van der Waals surface area contributed by atoms with Crippen LogP contribution in [0, 0.1) is 5.92 Å². The molecule has 1 amide bonds. The molecule has 0 bridgehead atoms. The van der Waals surface area contributed by atoms with Gasteiger partial charge in [-0.25, -0.2) is 8.78 Å². The summed E-state index contributed by atoms with van der Waals surface area (Å²) in [5.74, 6) is -2.79. The van der Waals surface area contributed by atoms with Gasteiger partial charge >= 0.3 is 0 Å². The smallest absolute Gasteiger partial charge is 0.251 e. The largest absolute Gasteiger partial charge is 0.352 e. The van der Waals surface area contributed by atoms with Crippen molar-refractivity contribution in [2.24, 2.45) is 5.92 Å². The summed E-state index contributed by atoms with van der Waals surface area (Å²) in [4.78, 5) is 11.6. The molecule has 86 valence electrons. The second kappa shape index (κ2) is 4.20. The van der Waals surface area contributed by atoms with Crippen molar-refractivity contribution in [1.82, 2.24) is 5.32 Å². The van der Waals surface area contributed by atoms with Gasteiger partial charge in [-0.15, -0.1) is 0 Å². The lowest BCUT2D eigenvalue weighted by molar-refractivity contribution is -0.108. The van der Waals surface area contributed by atoms with Gasteiger partial charge in [0, 0.05) is 24.9 Å². The molecule has 1 aliphatic carbocycles. The van der Waals surface area contributed by atoms with E-state index in [-0.39, 0.29) is 24.7 Å². The molecule has 1 aromatic carbocycles. The van der Waals surface area contributed by atoms with Crippen LogP contribution in [-0.2, 0) is 0 Å². The molecule has 1 fully saturated rings. The molecule has 2 rings (SSSR count). The number of alkyl halides is 2. The SMILES string of the molecule is O=C(NCC1CC(F)(F)C1)c1ccccc1. The first-order chi connectivity index (χ1) is 7.57. The first kappa shape index (κ1) is 11.0. The van der Waals surface area contributed by atoms with Crippen LogP contribution in [0.4, 0.5) is 8.78 Å². The molecule has 0 heterocycles. The van der Waals surface area contributed by atoms with Crippen LogP contribution in [0.2, 0.25) is 0 Å². The lowest BCUT2D eigenvalue weighted by atomic mass is 9.81. The van der Waals surface area contributed by atoms with Gasteiger partial charge in [0.25, 0.3) is 5.91 Å². The van der Waals surface area contributed by atoms with Gasteiger partial charge in [0.2, 0.25) is 5.92 Å². The van der Waals surface area contributed by atoms with Crippen molar-refractivity contribution >= 4 is 5.91 Å². The third-order valence-corrected chi connectivity index (χ3v) is 2.76. The molecule has 0 radical (unpaired) electrons. The molecule has 4 heteroatoms. The quantitative estimate of drug-likeness (QED) is 0.841. The Labute approximate surface area is 92.7 Å². The van der Waals surface area contributed by atoms with E-state index in [0.717, 1.165) is 0 Å². The highest BCUT2D eigenvalue weighted by Crippen LogP contribution is 2.41. The lowest BCUT2D eigenvalue weighted by Gasteiger charge is -2.34. The van der Waals surface area contributed by atoms with E-state index < -0.39 is 5.92 Å². The lowest BCUT2D eigenvalue weighted by Crippen LogP contribution is -2.42. The average molecular weight is 225 g/mol. The van der Waals surface area contributed by atoms with E-state index in [1.807, 2.05) is 6.07 Å². The number of carbonyl (C=O) groups excluding carboxylic acids is 1. The van der Waals surface area contributed by atoms with Crippen LogP contribution < -0.4 is 5.32 Å². The number of nitrogens with one attached hydrogen (secondary N) is 1. The highest BCUT2D eigenvalue weighted by molar-refractivity contribution is 5.94. The topological polar surface area (TPSA) is 29.1 Å². The van der Waals surface area contributed by atoms with E-state index in [0.29, 0.717) is 12.1 Å². The Balaban J connectivity index is 1.77. The molecule has 1 N–H and O–H groups in total. The molecule has 1 aromatic rings. The summed E-state index contributed by atoms with van der Waals surface area (Å²) in [6.07, 6.45) is -0.218. The van der Waals surface area contributed by atoms with E-state index in [4.69, 9.17) is 0 Å². The van der Waals surface area contributed by atoms with Gasteiger partial charge in [-0.1, -0.05) is 18.2 Å². The zero-order valence-electron chi connectivity index (χ0n) is 8.75. The van der Waals surface area contributed by atoms with Crippen molar-refractivity contribution < 1.29 is 13.6 Å². The normalized spacial score (nSPS) is 18.9. The number of hydrogen-bond acceptors (Lipinski definition) is 1. The van der Waals surface area contributed by atoms with Crippen LogP contribution in [0.5, 0.6) is 0 Å². The summed E-state index contributed by atoms with van der Waals surface area (Å²) in [6.45, 7) is 0.337. The van der Waals surface area contributed by atoms with E-state index in [1.54, 1.807) is 24.3 Å². The first-order valence-corrected chi connectivity index (χ1v) is 5.28. The van der Waals surface area contributed by atoms with Gasteiger partial charge in [-0.2, -0.15) is 0 Å². The molecule has 0 saturated heterocycles. The third-order valence-electron chi connectivity index (χ3n) is 2.76. The molecule has 1 saturated carbocycles. The number of amides is 1. The second-order valence-corrected chi connectivity index (χ2v) is 4.21. The Hall–Kier alpha value is -1.45. The van der Waals surface area contributed by atoms with Crippen LogP contribution in [0.1, 0.15) is 23.2 Å². The van der Waals surface area contributed by atoms with Crippen molar-refractivity contribution in [2.45, 2.75) is 18.8 Å². The van der Waals surface area contributed by atoms with Gasteiger partial charge in [-0.05, 0) is 18.1 Å². The summed E-state index contributed by atoms with van der Waals surface area (Å²) in [5.41, 5.74) is 0.564. The molecule has 0 aliphatic heterocycles. The Morgan fingerprint density at radius 1 is 1.31 bits per heavy atom. The Kier molecular flexibility index (Phi) is 2.90. The minimum absolute atomic E-state index is 0.0809. The number of benzene rings is 1. The molecule has 0 atom stereocenters. The highest BCUT2D eigenvalue weighted by atomic mass is 19.3. The van der Waals surface area contributed by atoms with Crippen LogP contribution in [0.25, 0.3) is 0 Å². The van der Waals surface area contributed by atoms with Crippen molar-refractivity contribution in [3.8, 4) is 0 Å². The van der Waals surface area contributed by atoms with Gasteiger partial charge in [0.1, 0.15) is 0 Å². The summed E-state index contributed by atoms with van der Waals surface area (Å²) in [7, 11) is 0. The maximum Gasteiger partial charge on any atom is 0.251 e. The third kappa shape index (κ3) is 2.56. The zero-order valence-corrected chi connectivity index (χ0v) is 8.75. The fraction of sp³-hybridized carbons (Fsp3) is 0.417. The summed E-state index contributed by atoms with van der Waals surface area (Å²) in [5, 5.41) is 2.67. The number of halogens is 2. The van der Waals surface area contributed by atoms with Gasteiger partial charge in [0.15, 0.2) is 0 Å². The molecule has 16 heavy (non-hydrogen) atoms. The van der Waals surface area contributed by atoms with E-state index in [2.05, 4.69) is 5.32 Å². The van der Waals surface area contributed by atoms with Gasteiger partial charge in [-0.3, -0.25) is 4.79 Å². The van der Waals surface area contributed by atoms with E-state index in [9.17, 15) is 13.6 Å². The van der Waals surface area contributed by atoms with Crippen LogP contribution in [0.15, 0.2) is 30.3 Å². The van der Waals surface area contributed by atoms with Crippen molar-refractivity contribution in [2.75, 3.05) is 6.54 Å². The minimum Gasteiger partial charge on any atom is -0.352 e. The number of rotatable bonds is 3. The monoisotopic (exact) mass is 225 g/mol. The zero-order chi connectivity index (χ0) is 11.6. The number of carbonyl (C=O) groups is 1. The van der Waals surface area contributed by atoms with Crippen molar-refractivity contribution in [3.63, 3.8) is 0 Å². The Bertz CT molecular complexity index is 370. The summed E-state index contributed by atoms with van der Waals surface area (Å²) in [6, 6.07) is 8.76. The molecule has 0 unspecified atom stereocenters. The number of hydrogen-bond donors (Lipinski definition) is 1. The second-order valence-electron chi connectivity index (χ2n) is 4.21. The van der Waals surface area contributed by atoms with Gasteiger partial charge in [0.05, 0.1) is 0 Å². The molecular formula is C12H13F2NO. The van der Waals surface area contributed by atoms with Crippen molar-refractivity contribution in [3.05, 3.63) is 35.9 Å². The van der Waals surface area contributed by atoms with Crippen LogP contribution in [0.3, 0.4) is 0 Å². The molecule has 2 nitrogen and oxygen atoms in total. The summed E-state index contributed by atoms with van der Waals surface area (Å²) >= 11 is 0. The minimum atomic E-state index is -2.51.